The molecule has 0 unspecified atom stereocenters. The van der Waals surface area contributed by atoms with Crippen molar-refractivity contribution in [2.24, 2.45) is 0 Å². The zero-order valence-electron chi connectivity index (χ0n) is 15.4. The van der Waals surface area contributed by atoms with Crippen molar-refractivity contribution in [1.29, 1.82) is 5.26 Å². The number of phenols is 1. The molecule has 0 bridgehead atoms. The van der Waals surface area contributed by atoms with Crippen molar-refractivity contribution in [2.45, 2.75) is 0 Å². The van der Waals surface area contributed by atoms with Gasteiger partial charge in [-0.05, 0) is 23.6 Å². The van der Waals surface area contributed by atoms with E-state index in [0.717, 1.165) is 16.5 Å². The van der Waals surface area contributed by atoms with E-state index in [-0.39, 0.29) is 11.3 Å². The third kappa shape index (κ3) is 3.60. The number of nitrogens with one attached hydrogen (secondary N) is 2. The molecule has 0 saturated carbocycles. The summed E-state index contributed by atoms with van der Waals surface area (Å²) >= 11 is 0. The Morgan fingerprint density at radius 2 is 1.48 bits per heavy atom. The van der Waals surface area contributed by atoms with E-state index in [2.05, 4.69) is 10.6 Å². The molecule has 0 heterocycles. The Morgan fingerprint density at radius 1 is 0.828 bits per heavy atom. The number of phenolic OH excluding ortho intramolecular Hbond substituents is 1. The van der Waals surface area contributed by atoms with E-state index in [4.69, 9.17) is 0 Å². The number of carbonyl (C=O) groups excluding carboxylic acids is 1. The molecule has 0 aliphatic rings. The third-order valence-electron chi connectivity index (χ3n) is 4.67. The predicted molar refractivity (Wildman–Crippen MR) is 116 cm³/mol. The van der Waals surface area contributed by atoms with Gasteiger partial charge in [-0.3, -0.25) is 4.79 Å². The van der Waals surface area contributed by atoms with Crippen LogP contribution in [-0.4, -0.2) is 11.0 Å². The Hall–Kier alpha value is -4.30. The number of amides is 1. The minimum absolute atomic E-state index is 0.0601. The van der Waals surface area contributed by atoms with Crippen LogP contribution in [0.3, 0.4) is 0 Å². The number of hydrogen-bond donors (Lipinski definition) is 3. The summed E-state index contributed by atoms with van der Waals surface area (Å²) < 4.78 is 0. The fraction of sp³-hybridized carbons (Fsp3) is 0. The Kier molecular flexibility index (Phi) is 4.83. The summed E-state index contributed by atoms with van der Waals surface area (Å²) in [5.41, 5.74) is 1.27. The van der Waals surface area contributed by atoms with Gasteiger partial charge in [0.1, 0.15) is 17.4 Å². The van der Waals surface area contributed by atoms with Crippen molar-refractivity contribution in [2.75, 3.05) is 10.6 Å². The van der Waals surface area contributed by atoms with Crippen molar-refractivity contribution in [1.82, 2.24) is 0 Å². The number of benzene rings is 4. The number of rotatable bonds is 4. The van der Waals surface area contributed by atoms with Gasteiger partial charge in [-0.2, -0.15) is 5.26 Å². The Balaban J connectivity index is 1.61. The SMILES string of the molecule is N#C/C(=C/Nc1cccc2ccccc12)C(=O)Nc1cccc2c(O)cccc12. The average Bonchev–Trinajstić information content (AvgIpc) is 2.75. The number of hydrogen-bond acceptors (Lipinski definition) is 4. The lowest BCUT2D eigenvalue weighted by Gasteiger charge is -2.10. The Bertz CT molecular complexity index is 1300. The first-order valence-electron chi connectivity index (χ1n) is 9.04. The zero-order valence-corrected chi connectivity index (χ0v) is 15.4. The molecule has 0 saturated heterocycles. The molecule has 0 atom stereocenters. The first-order chi connectivity index (χ1) is 14.2. The van der Waals surface area contributed by atoms with E-state index < -0.39 is 5.91 Å². The van der Waals surface area contributed by atoms with Gasteiger partial charge in [0.2, 0.25) is 0 Å². The van der Waals surface area contributed by atoms with Gasteiger partial charge >= 0.3 is 0 Å². The number of aromatic hydroxyl groups is 1. The molecule has 0 aromatic heterocycles. The van der Waals surface area contributed by atoms with Crippen molar-refractivity contribution < 1.29 is 9.90 Å². The number of anilines is 2. The van der Waals surface area contributed by atoms with Crippen molar-refractivity contribution in [3.63, 3.8) is 0 Å². The predicted octanol–water partition coefficient (Wildman–Crippen LogP) is 5.16. The molecule has 5 heteroatoms. The molecule has 0 spiro atoms. The Labute approximate surface area is 167 Å². The van der Waals surface area contributed by atoms with Crippen LogP contribution in [0.25, 0.3) is 21.5 Å². The summed E-state index contributed by atoms with van der Waals surface area (Å²) in [6.07, 6.45) is 1.40. The summed E-state index contributed by atoms with van der Waals surface area (Å²) in [5.74, 6) is -0.400. The van der Waals surface area contributed by atoms with Gasteiger partial charge in [-0.25, -0.2) is 0 Å². The second-order valence-corrected chi connectivity index (χ2v) is 6.47. The van der Waals surface area contributed by atoms with E-state index in [1.54, 1.807) is 36.4 Å². The second-order valence-electron chi connectivity index (χ2n) is 6.47. The molecule has 4 aromatic carbocycles. The molecule has 5 nitrogen and oxygen atoms in total. The van der Waals surface area contributed by atoms with E-state index in [9.17, 15) is 15.2 Å². The minimum Gasteiger partial charge on any atom is -0.507 e. The molecule has 29 heavy (non-hydrogen) atoms. The Morgan fingerprint density at radius 3 is 2.34 bits per heavy atom. The molecule has 0 aliphatic carbocycles. The minimum atomic E-state index is -0.531. The number of carbonyl (C=O) groups is 1. The first kappa shape index (κ1) is 18.1. The van der Waals surface area contributed by atoms with Crippen LogP contribution >= 0.6 is 0 Å². The molecule has 0 aliphatic heterocycles. The fourth-order valence-corrected chi connectivity index (χ4v) is 3.24. The molecule has 0 radical (unpaired) electrons. The highest BCUT2D eigenvalue weighted by molar-refractivity contribution is 6.11. The van der Waals surface area contributed by atoms with Crippen LogP contribution < -0.4 is 10.6 Å². The van der Waals surface area contributed by atoms with E-state index in [1.165, 1.54) is 6.20 Å². The maximum Gasteiger partial charge on any atom is 0.267 e. The van der Waals surface area contributed by atoms with Gasteiger partial charge < -0.3 is 15.7 Å². The fourth-order valence-electron chi connectivity index (χ4n) is 3.24. The van der Waals surface area contributed by atoms with Gasteiger partial charge in [0.15, 0.2) is 0 Å². The van der Waals surface area contributed by atoms with Crippen LogP contribution in [0.2, 0.25) is 0 Å². The highest BCUT2D eigenvalue weighted by Crippen LogP contribution is 2.30. The highest BCUT2D eigenvalue weighted by Gasteiger charge is 2.12. The third-order valence-corrected chi connectivity index (χ3v) is 4.67. The number of nitrogens with zero attached hydrogens (tertiary/aromatic N) is 1. The highest BCUT2D eigenvalue weighted by atomic mass is 16.3. The van der Waals surface area contributed by atoms with Crippen molar-refractivity contribution in [3.8, 4) is 11.8 Å². The zero-order chi connectivity index (χ0) is 20.2. The van der Waals surface area contributed by atoms with Gasteiger partial charge in [0.25, 0.3) is 5.91 Å². The molecule has 0 fully saturated rings. The maximum atomic E-state index is 12.7. The summed E-state index contributed by atoms with van der Waals surface area (Å²) in [5, 5.41) is 28.7. The molecule has 4 aromatic rings. The number of nitriles is 1. The van der Waals surface area contributed by atoms with Gasteiger partial charge in [0, 0.05) is 33.7 Å². The second kappa shape index (κ2) is 7.75. The van der Waals surface area contributed by atoms with Crippen LogP contribution in [0.5, 0.6) is 5.75 Å². The summed E-state index contributed by atoms with van der Waals surface area (Å²) in [6.45, 7) is 0. The smallest absolute Gasteiger partial charge is 0.267 e. The van der Waals surface area contributed by atoms with Crippen molar-refractivity contribution in [3.05, 3.63) is 90.6 Å². The van der Waals surface area contributed by atoms with Crippen LogP contribution in [0, 0.1) is 11.3 Å². The van der Waals surface area contributed by atoms with Crippen LogP contribution in [0.1, 0.15) is 0 Å². The van der Waals surface area contributed by atoms with E-state index >= 15 is 0 Å². The molecular formula is C24H17N3O2. The normalized spacial score (nSPS) is 11.2. The van der Waals surface area contributed by atoms with Crippen LogP contribution in [-0.2, 0) is 4.79 Å². The quantitative estimate of drug-likeness (QED) is 0.338. The lowest BCUT2D eigenvalue weighted by molar-refractivity contribution is -0.112. The summed E-state index contributed by atoms with van der Waals surface area (Å²) in [4.78, 5) is 12.7. The largest absolute Gasteiger partial charge is 0.507 e. The molecule has 140 valence electrons. The van der Waals surface area contributed by atoms with E-state index in [1.807, 2.05) is 48.5 Å². The summed E-state index contributed by atoms with van der Waals surface area (Å²) in [7, 11) is 0. The maximum absolute atomic E-state index is 12.7. The van der Waals surface area contributed by atoms with Crippen molar-refractivity contribution >= 4 is 38.8 Å². The van der Waals surface area contributed by atoms with Crippen LogP contribution in [0.4, 0.5) is 11.4 Å². The van der Waals surface area contributed by atoms with Gasteiger partial charge in [-0.15, -0.1) is 0 Å². The van der Waals surface area contributed by atoms with Gasteiger partial charge in [0.05, 0.1) is 0 Å². The molecular weight excluding hydrogens is 362 g/mol. The molecule has 3 N–H and O–H groups in total. The molecule has 4 rings (SSSR count). The summed E-state index contributed by atoms with van der Waals surface area (Å²) in [6, 6.07) is 25.9. The standard InChI is InChI=1S/C24H17N3O2/c25-14-17(15-26-21-11-3-7-16-6-1-2-8-18(16)21)24(29)27-22-12-4-10-20-19(22)9-5-13-23(20)28/h1-13,15,26,28H,(H,27,29)/b17-15-. The first-order valence-corrected chi connectivity index (χ1v) is 9.04. The lowest BCUT2D eigenvalue weighted by atomic mass is 10.1. The molecule has 1 amide bonds. The lowest BCUT2D eigenvalue weighted by Crippen LogP contribution is -2.14. The van der Waals surface area contributed by atoms with E-state index in [0.29, 0.717) is 16.5 Å². The number of fused-ring (bicyclic) bond motifs is 2. The van der Waals surface area contributed by atoms with Crippen LogP contribution in [0.15, 0.2) is 90.6 Å². The topological polar surface area (TPSA) is 85.2 Å². The van der Waals surface area contributed by atoms with Gasteiger partial charge in [-0.1, -0.05) is 60.7 Å². The monoisotopic (exact) mass is 379 g/mol. The average molecular weight is 379 g/mol.